The number of benzene rings is 1. The van der Waals surface area contributed by atoms with Gasteiger partial charge in [-0.1, -0.05) is 12.1 Å². The molecule has 0 fully saturated rings. The Morgan fingerprint density at radius 1 is 1.53 bits per heavy atom. The third-order valence-electron chi connectivity index (χ3n) is 2.71. The average molecular weight is 233 g/mol. The molecule has 2 N–H and O–H groups in total. The van der Waals surface area contributed by atoms with Crippen molar-refractivity contribution in [2.75, 3.05) is 24.6 Å². The molecular formula is C12H13N2O3. The number of aliphatic hydroxyl groups excluding tert-OH is 1. The van der Waals surface area contributed by atoms with E-state index in [1.165, 1.54) is 0 Å². The van der Waals surface area contributed by atoms with Gasteiger partial charge in [0, 0.05) is 12.2 Å². The van der Waals surface area contributed by atoms with E-state index >= 15 is 0 Å². The van der Waals surface area contributed by atoms with E-state index in [1.54, 1.807) is 11.0 Å². The molecule has 1 aliphatic heterocycles. The number of anilines is 1. The summed E-state index contributed by atoms with van der Waals surface area (Å²) in [5.74, 6) is -0.720. The molecule has 0 saturated heterocycles. The molecule has 1 heterocycles. The molecule has 0 bridgehead atoms. The molecule has 1 aromatic rings. The lowest BCUT2D eigenvalue weighted by Gasteiger charge is -2.17. The third-order valence-corrected chi connectivity index (χ3v) is 2.71. The first-order valence-corrected chi connectivity index (χ1v) is 5.39. The van der Waals surface area contributed by atoms with Gasteiger partial charge in [0.05, 0.1) is 6.54 Å². The number of fused-ring (bicyclic) bond motifs is 1. The van der Waals surface area contributed by atoms with Crippen LogP contribution in [0.2, 0.25) is 0 Å². The van der Waals surface area contributed by atoms with Gasteiger partial charge in [-0.05, 0) is 24.1 Å². The number of hydrogen-bond acceptors (Lipinski definition) is 3. The SMILES string of the molecule is O=C(CO)NCC(=O)N1CCc2cc[c]cc21. The van der Waals surface area contributed by atoms with Gasteiger partial charge in [0.25, 0.3) is 0 Å². The predicted molar refractivity (Wildman–Crippen MR) is 61.4 cm³/mol. The lowest BCUT2D eigenvalue weighted by atomic mass is 10.2. The molecule has 1 aromatic carbocycles. The van der Waals surface area contributed by atoms with Crippen molar-refractivity contribution in [2.45, 2.75) is 6.42 Å². The molecule has 1 radical (unpaired) electrons. The van der Waals surface area contributed by atoms with Crippen molar-refractivity contribution < 1.29 is 14.7 Å². The van der Waals surface area contributed by atoms with Gasteiger partial charge < -0.3 is 15.3 Å². The molecular weight excluding hydrogens is 220 g/mol. The number of rotatable bonds is 3. The Balaban J connectivity index is 2.00. The van der Waals surface area contributed by atoms with E-state index in [2.05, 4.69) is 11.4 Å². The minimum absolute atomic E-state index is 0.0896. The molecule has 17 heavy (non-hydrogen) atoms. The second-order valence-electron chi connectivity index (χ2n) is 3.79. The quantitative estimate of drug-likeness (QED) is 0.738. The van der Waals surface area contributed by atoms with Crippen LogP contribution in [0.4, 0.5) is 5.69 Å². The van der Waals surface area contributed by atoms with Crippen LogP contribution in [-0.4, -0.2) is 36.6 Å². The first kappa shape index (κ1) is 11.6. The zero-order valence-electron chi connectivity index (χ0n) is 9.27. The minimum Gasteiger partial charge on any atom is -0.387 e. The van der Waals surface area contributed by atoms with Crippen molar-refractivity contribution in [3.05, 3.63) is 29.8 Å². The lowest BCUT2D eigenvalue weighted by Crippen LogP contribution is -2.40. The van der Waals surface area contributed by atoms with Crippen LogP contribution < -0.4 is 10.2 Å². The highest BCUT2D eigenvalue weighted by Crippen LogP contribution is 2.26. The predicted octanol–water partition coefficient (Wildman–Crippen LogP) is -0.516. The Labute approximate surface area is 99.0 Å². The fourth-order valence-corrected chi connectivity index (χ4v) is 1.85. The van der Waals surface area contributed by atoms with Crippen LogP contribution in [0.1, 0.15) is 5.56 Å². The van der Waals surface area contributed by atoms with Crippen molar-refractivity contribution >= 4 is 17.5 Å². The standard InChI is InChI=1S/C12H13N2O3/c15-8-11(16)13-7-12(17)14-6-5-9-3-1-2-4-10(9)14/h1,3-4,15H,5-8H2,(H,13,16). The smallest absolute Gasteiger partial charge is 0.246 e. The Morgan fingerprint density at radius 3 is 3.12 bits per heavy atom. The van der Waals surface area contributed by atoms with E-state index in [9.17, 15) is 9.59 Å². The minimum atomic E-state index is -0.600. The van der Waals surface area contributed by atoms with E-state index < -0.39 is 12.5 Å². The highest BCUT2D eigenvalue weighted by Gasteiger charge is 2.23. The van der Waals surface area contributed by atoms with Crippen molar-refractivity contribution in [3.8, 4) is 0 Å². The van der Waals surface area contributed by atoms with Crippen LogP contribution in [0.5, 0.6) is 0 Å². The summed E-state index contributed by atoms with van der Waals surface area (Å²) in [5.41, 5.74) is 1.97. The van der Waals surface area contributed by atoms with Gasteiger partial charge in [-0.2, -0.15) is 0 Å². The fraction of sp³-hybridized carbons (Fsp3) is 0.333. The molecule has 0 aromatic heterocycles. The molecule has 2 amide bonds. The summed E-state index contributed by atoms with van der Waals surface area (Å²) in [7, 11) is 0. The van der Waals surface area contributed by atoms with Gasteiger partial charge in [0.15, 0.2) is 0 Å². The second kappa shape index (κ2) is 4.97. The topological polar surface area (TPSA) is 69.6 Å². The molecule has 5 heteroatoms. The number of aliphatic hydroxyl groups is 1. The Morgan fingerprint density at radius 2 is 2.35 bits per heavy atom. The van der Waals surface area contributed by atoms with Crippen LogP contribution in [0, 0.1) is 6.07 Å². The van der Waals surface area contributed by atoms with Crippen LogP contribution in [-0.2, 0) is 16.0 Å². The second-order valence-corrected chi connectivity index (χ2v) is 3.79. The van der Waals surface area contributed by atoms with Gasteiger partial charge in [-0.25, -0.2) is 0 Å². The molecule has 1 aliphatic rings. The van der Waals surface area contributed by atoms with Crippen molar-refractivity contribution in [3.63, 3.8) is 0 Å². The summed E-state index contributed by atoms with van der Waals surface area (Å²) in [4.78, 5) is 24.3. The Bertz CT molecular complexity index is 445. The zero-order chi connectivity index (χ0) is 12.3. The highest BCUT2D eigenvalue weighted by atomic mass is 16.3. The van der Waals surface area contributed by atoms with E-state index in [1.807, 2.05) is 12.1 Å². The summed E-state index contributed by atoms with van der Waals surface area (Å²) >= 11 is 0. The molecule has 89 valence electrons. The summed E-state index contributed by atoms with van der Waals surface area (Å²) in [6.45, 7) is -0.0631. The lowest BCUT2D eigenvalue weighted by molar-refractivity contribution is -0.126. The normalized spacial score (nSPS) is 13.4. The van der Waals surface area contributed by atoms with Gasteiger partial charge in [-0.3, -0.25) is 9.59 Å². The molecule has 2 rings (SSSR count). The monoisotopic (exact) mass is 233 g/mol. The Hall–Kier alpha value is -1.88. The maximum absolute atomic E-state index is 11.8. The van der Waals surface area contributed by atoms with E-state index in [0.29, 0.717) is 6.54 Å². The molecule has 0 spiro atoms. The highest BCUT2D eigenvalue weighted by molar-refractivity contribution is 5.98. The van der Waals surface area contributed by atoms with Crippen LogP contribution in [0.15, 0.2) is 18.2 Å². The van der Waals surface area contributed by atoms with Gasteiger partial charge in [-0.15, -0.1) is 0 Å². The summed E-state index contributed by atoms with van der Waals surface area (Å²) in [6, 6.07) is 8.46. The molecule has 0 unspecified atom stereocenters. The first-order valence-electron chi connectivity index (χ1n) is 5.39. The molecule has 0 atom stereocenters. The van der Waals surface area contributed by atoms with Crippen molar-refractivity contribution in [1.29, 1.82) is 0 Å². The maximum atomic E-state index is 11.8. The number of carbonyl (C=O) groups is 2. The summed E-state index contributed by atoms with van der Waals surface area (Å²) in [6.07, 6.45) is 0.823. The maximum Gasteiger partial charge on any atom is 0.246 e. The van der Waals surface area contributed by atoms with Crippen LogP contribution >= 0.6 is 0 Å². The van der Waals surface area contributed by atoms with E-state index in [4.69, 9.17) is 5.11 Å². The van der Waals surface area contributed by atoms with Crippen LogP contribution in [0.3, 0.4) is 0 Å². The number of hydrogen-bond donors (Lipinski definition) is 2. The van der Waals surface area contributed by atoms with Crippen molar-refractivity contribution in [2.24, 2.45) is 0 Å². The molecule has 0 saturated carbocycles. The number of nitrogens with one attached hydrogen (secondary N) is 1. The fourth-order valence-electron chi connectivity index (χ4n) is 1.85. The molecule has 5 nitrogen and oxygen atoms in total. The summed E-state index contributed by atoms with van der Waals surface area (Å²) < 4.78 is 0. The largest absolute Gasteiger partial charge is 0.387 e. The van der Waals surface area contributed by atoms with E-state index in [-0.39, 0.29) is 12.5 Å². The van der Waals surface area contributed by atoms with Gasteiger partial charge >= 0.3 is 0 Å². The van der Waals surface area contributed by atoms with E-state index in [0.717, 1.165) is 17.7 Å². The number of nitrogens with zero attached hydrogens (tertiary/aromatic N) is 1. The average Bonchev–Trinajstić information content (AvgIpc) is 2.79. The van der Waals surface area contributed by atoms with Crippen LogP contribution in [0.25, 0.3) is 0 Å². The third kappa shape index (κ3) is 2.45. The molecule has 0 aliphatic carbocycles. The number of carbonyl (C=O) groups excluding carboxylic acids is 2. The van der Waals surface area contributed by atoms with Gasteiger partial charge in [0.1, 0.15) is 6.61 Å². The van der Waals surface area contributed by atoms with Crippen molar-refractivity contribution in [1.82, 2.24) is 5.32 Å². The van der Waals surface area contributed by atoms with Gasteiger partial charge in [0.2, 0.25) is 11.8 Å². The first-order chi connectivity index (χ1) is 8.22. The summed E-state index contributed by atoms with van der Waals surface area (Å²) in [5, 5.41) is 10.9. The Kier molecular flexibility index (Phi) is 3.39. The zero-order valence-corrected chi connectivity index (χ0v) is 9.27. The number of amides is 2.